The summed E-state index contributed by atoms with van der Waals surface area (Å²) in [7, 11) is 0. The van der Waals surface area contributed by atoms with Crippen molar-refractivity contribution in [1.82, 2.24) is 0 Å². The van der Waals surface area contributed by atoms with Crippen LogP contribution in [0.3, 0.4) is 0 Å². The predicted molar refractivity (Wildman–Crippen MR) is 84.1 cm³/mol. The number of hydrogen-bond acceptors (Lipinski definition) is 2. The number of nitrogens with one attached hydrogen (secondary N) is 1. The molecule has 2 aromatic rings. The summed E-state index contributed by atoms with van der Waals surface area (Å²) in [6, 6.07) is 11.5. The highest BCUT2D eigenvalue weighted by Crippen LogP contribution is 2.23. The van der Waals surface area contributed by atoms with Gasteiger partial charge in [-0.2, -0.15) is 0 Å². The third-order valence-electron chi connectivity index (χ3n) is 3.55. The van der Waals surface area contributed by atoms with Gasteiger partial charge in [0.2, 0.25) is 0 Å². The zero-order valence-corrected chi connectivity index (χ0v) is 12.2. The molecule has 3 nitrogen and oxygen atoms in total. The highest BCUT2D eigenvalue weighted by atomic mass is 16.1. The maximum atomic E-state index is 12.4. The van der Waals surface area contributed by atoms with Crippen LogP contribution in [-0.4, -0.2) is 5.91 Å². The number of para-hydroxylation sites is 2. The van der Waals surface area contributed by atoms with E-state index in [0.29, 0.717) is 11.3 Å². The summed E-state index contributed by atoms with van der Waals surface area (Å²) in [5, 5.41) is 3.00. The molecule has 0 bridgehead atoms. The van der Waals surface area contributed by atoms with E-state index in [-0.39, 0.29) is 5.91 Å². The summed E-state index contributed by atoms with van der Waals surface area (Å²) in [6.07, 6.45) is 0.876. The summed E-state index contributed by atoms with van der Waals surface area (Å²) in [4.78, 5) is 12.4. The Morgan fingerprint density at radius 1 is 1.10 bits per heavy atom. The number of aryl methyl sites for hydroxylation is 3. The minimum Gasteiger partial charge on any atom is -0.398 e. The Labute approximate surface area is 119 Å². The molecule has 0 unspecified atom stereocenters. The minimum atomic E-state index is -0.157. The van der Waals surface area contributed by atoms with Gasteiger partial charge in [0.15, 0.2) is 0 Å². The standard InChI is InChI=1S/C17H20N2O/c1-4-13-9-5-8-12(3)16(13)19-17(20)14-10-6-7-11(2)15(14)18/h5-10H,4,18H2,1-3H3,(H,19,20). The van der Waals surface area contributed by atoms with Gasteiger partial charge in [-0.05, 0) is 43.0 Å². The van der Waals surface area contributed by atoms with Crippen molar-refractivity contribution < 1.29 is 4.79 Å². The normalized spacial score (nSPS) is 10.3. The van der Waals surface area contributed by atoms with Crippen molar-refractivity contribution in [2.75, 3.05) is 11.1 Å². The van der Waals surface area contributed by atoms with Crippen LogP contribution in [0, 0.1) is 13.8 Å². The monoisotopic (exact) mass is 268 g/mol. The highest BCUT2D eigenvalue weighted by Gasteiger charge is 2.13. The van der Waals surface area contributed by atoms with Gasteiger partial charge in [0, 0.05) is 11.4 Å². The molecule has 0 radical (unpaired) electrons. The molecule has 0 spiro atoms. The van der Waals surface area contributed by atoms with E-state index in [1.165, 1.54) is 0 Å². The Morgan fingerprint density at radius 2 is 1.75 bits per heavy atom. The fourth-order valence-corrected chi connectivity index (χ4v) is 2.26. The van der Waals surface area contributed by atoms with Crippen LogP contribution in [-0.2, 0) is 6.42 Å². The van der Waals surface area contributed by atoms with E-state index in [9.17, 15) is 4.79 Å². The van der Waals surface area contributed by atoms with E-state index < -0.39 is 0 Å². The summed E-state index contributed by atoms with van der Waals surface area (Å²) in [6.45, 7) is 5.97. The lowest BCUT2D eigenvalue weighted by molar-refractivity contribution is 0.102. The van der Waals surface area contributed by atoms with E-state index in [1.807, 2.05) is 44.2 Å². The molecule has 0 aliphatic carbocycles. The van der Waals surface area contributed by atoms with Gasteiger partial charge in [0.1, 0.15) is 0 Å². The molecule has 0 aromatic heterocycles. The number of rotatable bonds is 3. The van der Waals surface area contributed by atoms with Gasteiger partial charge in [0.05, 0.1) is 5.56 Å². The molecule has 2 aromatic carbocycles. The maximum absolute atomic E-state index is 12.4. The molecule has 0 aliphatic rings. The van der Waals surface area contributed by atoms with Crippen LogP contribution < -0.4 is 11.1 Å². The van der Waals surface area contributed by atoms with E-state index in [2.05, 4.69) is 12.2 Å². The van der Waals surface area contributed by atoms with Crippen molar-refractivity contribution >= 4 is 17.3 Å². The molecular weight excluding hydrogens is 248 g/mol. The second-order valence-corrected chi connectivity index (χ2v) is 4.95. The zero-order chi connectivity index (χ0) is 14.7. The van der Waals surface area contributed by atoms with Crippen molar-refractivity contribution in [3.05, 3.63) is 58.7 Å². The fourth-order valence-electron chi connectivity index (χ4n) is 2.26. The molecule has 3 N–H and O–H groups in total. The molecule has 0 aliphatic heterocycles. The first-order valence-electron chi connectivity index (χ1n) is 6.79. The van der Waals surface area contributed by atoms with Crippen LogP contribution in [0.5, 0.6) is 0 Å². The number of nitrogen functional groups attached to an aromatic ring is 1. The number of nitrogens with two attached hydrogens (primary N) is 1. The molecule has 1 amide bonds. The number of hydrogen-bond donors (Lipinski definition) is 2. The van der Waals surface area contributed by atoms with Crippen LogP contribution in [0.2, 0.25) is 0 Å². The quantitative estimate of drug-likeness (QED) is 0.834. The van der Waals surface area contributed by atoms with Crippen LogP contribution in [0.15, 0.2) is 36.4 Å². The van der Waals surface area contributed by atoms with Gasteiger partial charge in [-0.1, -0.05) is 37.3 Å². The van der Waals surface area contributed by atoms with Crippen molar-refractivity contribution in [2.45, 2.75) is 27.2 Å². The average molecular weight is 268 g/mol. The number of anilines is 2. The Morgan fingerprint density at radius 3 is 2.45 bits per heavy atom. The van der Waals surface area contributed by atoms with E-state index >= 15 is 0 Å². The van der Waals surface area contributed by atoms with Crippen LogP contribution in [0.25, 0.3) is 0 Å². The molecule has 0 saturated carbocycles. The highest BCUT2D eigenvalue weighted by molar-refractivity contribution is 6.08. The lowest BCUT2D eigenvalue weighted by Gasteiger charge is -2.14. The predicted octanol–water partition coefficient (Wildman–Crippen LogP) is 3.70. The topological polar surface area (TPSA) is 55.1 Å². The summed E-state index contributed by atoms with van der Waals surface area (Å²) in [5.74, 6) is -0.157. The summed E-state index contributed by atoms with van der Waals surface area (Å²) in [5.41, 5.74) is 11.0. The van der Waals surface area contributed by atoms with Crippen molar-refractivity contribution in [3.63, 3.8) is 0 Å². The van der Waals surface area contributed by atoms with E-state index in [4.69, 9.17) is 5.73 Å². The zero-order valence-electron chi connectivity index (χ0n) is 12.2. The molecule has 0 saturated heterocycles. The summed E-state index contributed by atoms with van der Waals surface area (Å²) >= 11 is 0. The third kappa shape index (κ3) is 2.67. The van der Waals surface area contributed by atoms with Gasteiger partial charge in [-0.3, -0.25) is 4.79 Å². The molecule has 3 heteroatoms. The molecule has 0 fully saturated rings. The Balaban J connectivity index is 2.35. The molecular formula is C17H20N2O. The van der Waals surface area contributed by atoms with Gasteiger partial charge in [-0.15, -0.1) is 0 Å². The lowest BCUT2D eigenvalue weighted by atomic mass is 10.0. The number of carbonyl (C=O) groups is 1. The summed E-state index contributed by atoms with van der Waals surface area (Å²) < 4.78 is 0. The van der Waals surface area contributed by atoms with E-state index in [0.717, 1.165) is 28.8 Å². The van der Waals surface area contributed by atoms with Gasteiger partial charge >= 0.3 is 0 Å². The SMILES string of the molecule is CCc1cccc(C)c1NC(=O)c1cccc(C)c1N. The van der Waals surface area contributed by atoms with Gasteiger partial charge in [-0.25, -0.2) is 0 Å². The minimum absolute atomic E-state index is 0.157. The van der Waals surface area contributed by atoms with Crippen LogP contribution in [0.4, 0.5) is 11.4 Å². The molecule has 0 atom stereocenters. The third-order valence-corrected chi connectivity index (χ3v) is 3.55. The second kappa shape index (κ2) is 5.78. The van der Waals surface area contributed by atoms with Crippen molar-refractivity contribution in [1.29, 1.82) is 0 Å². The van der Waals surface area contributed by atoms with E-state index in [1.54, 1.807) is 6.07 Å². The Hall–Kier alpha value is -2.29. The Kier molecular flexibility index (Phi) is 4.08. The second-order valence-electron chi connectivity index (χ2n) is 4.95. The van der Waals surface area contributed by atoms with Crippen molar-refractivity contribution in [2.24, 2.45) is 0 Å². The fraction of sp³-hybridized carbons (Fsp3) is 0.235. The molecule has 104 valence electrons. The van der Waals surface area contributed by atoms with Gasteiger partial charge in [0.25, 0.3) is 5.91 Å². The van der Waals surface area contributed by atoms with Crippen LogP contribution in [0.1, 0.15) is 34.0 Å². The number of benzene rings is 2. The van der Waals surface area contributed by atoms with Crippen LogP contribution >= 0.6 is 0 Å². The number of amides is 1. The first kappa shape index (κ1) is 14.1. The maximum Gasteiger partial charge on any atom is 0.257 e. The Bertz CT molecular complexity index is 647. The van der Waals surface area contributed by atoms with Crippen molar-refractivity contribution in [3.8, 4) is 0 Å². The lowest BCUT2D eigenvalue weighted by Crippen LogP contribution is -2.16. The molecule has 2 rings (SSSR count). The number of carbonyl (C=O) groups excluding carboxylic acids is 1. The smallest absolute Gasteiger partial charge is 0.257 e. The first-order chi connectivity index (χ1) is 9.54. The van der Waals surface area contributed by atoms with Gasteiger partial charge < -0.3 is 11.1 Å². The first-order valence-corrected chi connectivity index (χ1v) is 6.79. The largest absolute Gasteiger partial charge is 0.398 e. The average Bonchev–Trinajstić information content (AvgIpc) is 2.44. The molecule has 20 heavy (non-hydrogen) atoms. The molecule has 0 heterocycles.